The maximum Gasteiger partial charge on any atom is 0.178 e. The molecule has 0 bridgehead atoms. The first-order valence-electron chi connectivity index (χ1n) is 7.25. The van der Waals surface area contributed by atoms with Crippen LogP contribution in [0.25, 0.3) is 10.9 Å². The molecule has 1 aliphatic rings. The van der Waals surface area contributed by atoms with Gasteiger partial charge in [-0.2, -0.15) is 0 Å². The lowest BCUT2D eigenvalue weighted by Crippen LogP contribution is -2.49. The zero-order valence-corrected chi connectivity index (χ0v) is 12.1. The summed E-state index contributed by atoms with van der Waals surface area (Å²) < 4.78 is 5.60. The number of ketones is 1. The third kappa shape index (κ3) is 3.00. The van der Waals surface area contributed by atoms with Crippen molar-refractivity contribution in [3.8, 4) is 0 Å². The molecule has 2 heterocycles. The summed E-state index contributed by atoms with van der Waals surface area (Å²) in [6.07, 6.45) is 1.61. The minimum absolute atomic E-state index is 0.0118. The summed E-state index contributed by atoms with van der Waals surface area (Å²) >= 11 is 0. The largest absolute Gasteiger partial charge is 0.394 e. The van der Waals surface area contributed by atoms with E-state index in [1.807, 2.05) is 31.2 Å². The standard InChI is InChI=1S/C16H20N2O3/c1-11-7-18(8-12(10-19)21-11)9-16(20)14-6-17-15-5-3-2-4-13(14)15/h2-6,11-12,17,19H,7-10H2,1H3. The summed E-state index contributed by atoms with van der Waals surface area (Å²) in [6, 6.07) is 7.80. The average molecular weight is 288 g/mol. The molecule has 2 unspecified atom stereocenters. The third-order valence-corrected chi connectivity index (χ3v) is 3.86. The van der Waals surface area contributed by atoms with Gasteiger partial charge >= 0.3 is 0 Å². The number of fused-ring (bicyclic) bond motifs is 1. The predicted molar refractivity (Wildman–Crippen MR) is 80.5 cm³/mol. The Morgan fingerprint density at radius 2 is 2.24 bits per heavy atom. The number of aromatic amines is 1. The van der Waals surface area contributed by atoms with Crippen molar-refractivity contribution < 1.29 is 14.6 Å². The first-order chi connectivity index (χ1) is 10.2. The maximum atomic E-state index is 12.5. The molecular weight excluding hydrogens is 268 g/mol. The Kier molecular flexibility index (Phi) is 4.05. The minimum Gasteiger partial charge on any atom is -0.394 e. The number of H-pyrrole nitrogens is 1. The molecule has 0 amide bonds. The summed E-state index contributed by atoms with van der Waals surface area (Å²) in [5.41, 5.74) is 1.70. The molecule has 1 saturated heterocycles. The molecule has 112 valence electrons. The minimum atomic E-state index is -0.204. The molecule has 2 aromatic rings. The van der Waals surface area contributed by atoms with E-state index in [1.54, 1.807) is 6.20 Å². The number of nitrogens with zero attached hydrogens (tertiary/aromatic N) is 1. The van der Waals surface area contributed by atoms with Crippen molar-refractivity contribution in [3.63, 3.8) is 0 Å². The Morgan fingerprint density at radius 3 is 3.05 bits per heavy atom. The lowest BCUT2D eigenvalue weighted by Gasteiger charge is -2.35. The van der Waals surface area contributed by atoms with Crippen LogP contribution in [0.2, 0.25) is 0 Å². The molecule has 1 aromatic heterocycles. The highest BCUT2D eigenvalue weighted by molar-refractivity contribution is 6.08. The van der Waals surface area contributed by atoms with Crippen LogP contribution in [-0.2, 0) is 4.74 Å². The number of aromatic nitrogens is 1. The van der Waals surface area contributed by atoms with Crippen molar-refractivity contribution in [3.05, 3.63) is 36.0 Å². The Bertz CT molecular complexity index is 637. The molecule has 0 spiro atoms. The topological polar surface area (TPSA) is 65.6 Å². The number of benzene rings is 1. The number of ether oxygens (including phenoxy) is 1. The van der Waals surface area contributed by atoms with E-state index in [4.69, 9.17) is 4.74 Å². The molecule has 0 radical (unpaired) electrons. The Labute approximate surface area is 123 Å². The molecule has 0 aliphatic carbocycles. The molecule has 2 atom stereocenters. The number of carbonyl (C=O) groups excluding carboxylic acids is 1. The van der Waals surface area contributed by atoms with Crippen LogP contribution in [0, 0.1) is 0 Å². The molecule has 1 aromatic carbocycles. The number of Topliss-reactive ketones (excluding diaryl/α,β-unsaturated/α-hetero) is 1. The van der Waals surface area contributed by atoms with Gasteiger partial charge in [-0.05, 0) is 13.0 Å². The van der Waals surface area contributed by atoms with Gasteiger partial charge in [-0.3, -0.25) is 9.69 Å². The van der Waals surface area contributed by atoms with Gasteiger partial charge in [0.15, 0.2) is 5.78 Å². The highest BCUT2D eigenvalue weighted by Crippen LogP contribution is 2.19. The van der Waals surface area contributed by atoms with E-state index in [2.05, 4.69) is 9.88 Å². The van der Waals surface area contributed by atoms with Gasteiger partial charge in [0, 0.05) is 35.8 Å². The SMILES string of the molecule is CC1CN(CC(=O)c2c[nH]c3ccccc23)CC(CO)O1. The molecule has 5 nitrogen and oxygen atoms in total. The number of aliphatic hydroxyl groups excluding tert-OH is 1. The molecule has 21 heavy (non-hydrogen) atoms. The first kappa shape index (κ1) is 14.3. The number of carbonyl (C=O) groups is 1. The van der Waals surface area contributed by atoms with Crippen molar-refractivity contribution in [2.45, 2.75) is 19.1 Å². The monoisotopic (exact) mass is 288 g/mol. The second-order valence-corrected chi connectivity index (χ2v) is 5.62. The van der Waals surface area contributed by atoms with Crippen LogP contribution < -0.4 is 0 Å². The van der Waals surface area contributed by atoms with Gasteiger partial charge in [-0.1, -0.05) is 18.2 Å². The van der Waals surface area contributed by atoms with E-state index < -0.39 is 0 Å². The van der Waals surface area contributed by atoms with E-state index in [0.29, 0.717) is 19.6 Å². The van der Waals surface area contributed by atoms with Crippen LogP contribution in [-0.4, -0.2) is 59.2 Å². The second kappa shape index (κ2) is 5.97. The second-order valence-electron chi connectivity index (χ2n) is 5.62. The van der Waals surface area contributed by atoms with Gasteiger partial charge in [0.05, 0.1) is 25.4 Å². The third-order valence-electron chi connectivity index (χ3n) is 3.86. The fraction of sp³-hybridized carbons (Fsp3) is 0.438. The van der Waals surface area contributed by atoms with E-state index in [0.717, 1.165) is 16.5 Å². The fourth-order valence-corrected chi connectivity index (χ4v) is 2.96. The van der Waals surface area contributed by atoms with Crippen molar-refractivity contribution in [1.29, 1.82) is 0 Å². The van der Waals surface area contributed by atoms with Crippen LogP contribution >= 0.6 is 0 Å². The number of morpholine rings is 1. The summed E-state index contributed by atoms with van der Waals surface area (Å²) in [4.78, 5) is 17.7. The van der Waals surface area contributed by atoms with Gasteiger partial charge in [0.25, 0.3) is 0 Å². The zero-order chi connectivity index (χ0) is 14.8. The molecule has 1 aliphatic heterocycles. The van der Waals surface area contributed by atoms with Crippen LogP contribution in [0.5, 0.6) is 0 Å². The van der Waals surface area contributed by atoms with E-state index in [-0.39, 0.29) is 24.6 Å². The quantitative estimate of drug-likeness (QED) is 0.835. The number of aliphatic hydroxyl groups is 1. The van der Waals surface area contributed by atoms with Crippen molar-refractivity contribution in [1.82, 2.24) is 9.88 Å². The lowest BCUT2D eigenvalue weighted by molar-refractivity contribution is -0.0926. The zero-order valence-electron chi connectivity index (χ0n) is 12.1. The summed E-state index contributed by atoms with van der Waals surface area (Å²) in [7, 11) is 0. The number of hydrogen-bond donors (Lipinski definition) is 2. The van der Waals surface area contributed by atoms with Crippen LogP contribution in [0.1, 0.15) is 17.3 Å². The van der Waals surface area contributed by atoms with E-state index in [9.17, 15) is 9.90 Å². The van der Waals surface area contributed by atoms with Crippen LogP contribution in [0.4, 0.5) is 0 Å². The molecule has 5 heteroatoms. The Hall–Kier alpha value is -1.69. The lowest BCUT2D eigenvalue weighted by atomic mass is 10.1. The number of para-hydroxylation sites is 1. The first-order valence-corrected chi connectivity index (χ1v) is 7.25. The van der Waals surface area contributed by atoms with E-state index in [1.165, 1.54) is 0 Å². The van der Waals surface area contributed by atoms with Gasteiger partial charge in [-0.15, -0.1) is 0 Å². The normalized spacial score (nSPS) is 23.5. The summed E-state index contributed by atoms with van der Waals surface area (Å²) in [5, 5.41) is 10.2. The smallest absolute Gasteiger partial charge is 0.178 e. The summed E-state index contributed by atoms with van der Waals surface area (Å²) in [5.74, 6) is 0.0956. The fourth-order valence-electron chi connectivity index (χ4n) is 2.96. The van der Waals surface area contributed by atoms with Gasteiger partial charge in [0.1, 0.15) is 0 Å². The van der Waals surface area contributed by atoms with Crippen LogP contribution in [0.15, 0.2) is 30.5 Å². The number of rotatable bonds is 4. The van der Waals surface area contributed by atoms with Crippen molar-refractivity contribution in [2.24, 2.45) is 0 Å². The van der Waals surface area contributed by atoms with Gasteiger partial charge in [0.2, 0.25) is 0 Å². The van der Waals surface area contributed by atoms with E-state index >= 15 is 0 Å². The molecule has 3 rings (SSSR count). The highest BCUT2D eigenvalue weighted by atomic mass is 16.5. The van der Waals surface area contributed by atoms with Gasteiger partial charge in [-0.25, -0.2) is 0 Å². The number of nitrogens with one attached hydrogen (secondary N) is 1. The van der Waals surface area contributed by atoms with Crippen molar-refractivity contribution >= 4 is 16.7 Å². The van der Waals surface area contributed by atoms with Crippen LogP contribution in [0.3, 0.4) is 0 Å². The molecule has 2 N–H and O–H groups in total. The molecule has 0 saturated carbocycles. The predicted octanol–water partition coefficient (Wildman–Crippen LogP) is 1.43. The maximum absolute atomic E-state index is 12.5. The summed E-state index contributed by atoms with van der Waals surface area (Å²) in [6.45, 7) is 3.61. The highest BCUT2D eigenvalue weighted by Gasteiger charge is 2.26. The molecular formula is C16H20N2O3. The van der Waals surface area contributed by atoms with Crippen molar-refractivity contribution in [2.75, 3.05) is 26.2 Å². The Balaban J connectivity index is 1.74. The Morgan fingerprint density at radius 1 is 1.43 bits per heavy atom. The number of hydrogen-bond acceptors (Lipinski definition) is 4. The van der Waals surface area contributed by atoms with Gasteiger partial charge < -0.3 is 14.8 Å². The average Bonchev–Trinajstić information content (AvgIpc) is 2.90. The molecule has 1 fully saturated rings.